The van der Waals surface area contributed by atoms with E-state index in [1.54, 1.807) is 11.3 Å². The first-order chi connectivity index (χ1) is 13.0. The SMILES string of the molecule is CC1CC(c2sc(Cl)cc2CCO)CC(c2ccc3c(c2)OCC(=O)N3)N1. The largest absolute Gasteiger partial charge is 0.482 e. The molecule has 0 bridgehead atoms. The molecular weight excluding hydrogens is 384 g/mol. The normalized spacial score (nSPS) is 24.9. The Balaban J connectivity index is 1.59. The number of aliphatic hydroxyl groups excluding tert-OH is 1. The molecule has 3 heterocycles. The van der Waals surface area contributed by atoms with Crippen molar-refractivity contribution in [1.82, 2.24) is 5.32 Å². The van der Waals surface area contributed by atoms with Crippen LogP contribution in [0.25, 0.3) is 0 Å². The van der Waals surface area contributed by atoms with Crippen LogP contribution in [0.2, 0.25) is 4.34 Å². The number of benzene rings is 1. The van der Waals surface area contributed by atoms with Crippen LogP contribution in [0.1, 0.15) is 47.7 Å². The summed E-state index contributed by atoms with van der Waals surface area (Å²) < 4.78 is 6.36. The van der Waals surface area contributed by atoms with Crippen molar-refractivity contribution in [2.24, 2.45) is 0 Å². The lowest BCUT2D eigenvalue weighted by atomic mass is 9.83. The third-order valence-electron chi connectivity index (χ3n) is 5.25. The number of carbonyl (C=O) groups is 1. The zero-order chi connectivity index (χ0) is 19.0. The standard InChI is InChI=1S/C20H23ClN2O3S/c1-11-6-14(20-13(4-5-24)9-18(21)27-20)7-16(22-11)12-2-3-15-17(8-12)26-10-19(25)23-15/h2-3,8-9,11,14,16,22,24H,4-7,10H2,1H3,(H,23,25). The van der Waals surface area contributed by atoms with Gasteiger partial charge in [-0.3, -0.25) is 4.79 Å². The molecule has 0 radical (unpaired) electrons. The Morgan fingerprint density at radius 1 is 1.33 bits per heavy atom. The van der Waals surface area contributed by atoms with E-state index in [4.69, 9.17) is 16.3 Å². The van der Waals surface area contributed by atoms with Crippen LogP contribution in [0.5, 0.6) is 5.75 Å². The number of halogens is 1. The minimum atomic E-state index is -0.120. The van der Waals surface area contributed by atoms with Gasteiger partial charge in [0, 0.05) is 23.6 Å². The first-order valence-electron chi connectivity index (χ1n) is 9.25. The second-order valence-electron chi connectivity index (χ2n) is 7.29. The summed E-state index contributed by atoms with van der Waals surface area (Å²) in [5, 5.41) is 15.9. The fraction of sp³-hybridized carbons (Fsp3) is 0.450. The van der Waals surface area contributed by atoms with Crippen LogP contribution in [0, 0.1) is 0 Å². The van der Waals surface area contributed by atoms with E-state index in [0.29, 0.717) is 18.4 Å². The third-order valence-corrected chi connectivity index (χ3v) is 6.72. The summed E-state index contributed by atoms with van der Waals surface area (Å²) in [6.45, 7) is 2.40. The van der Waals surface area contributed by atoms with E-state index < -0.39 is 0 Å². The number of piperidine rings is 1. The average Bonchev–Trinajstić information content (AvgIpc) is 3.01. The summed E-state index contributed by atoms with van der Waals surface area (Å²) in [6, 6.07) is 8.56. The molecule has 7 heteroatoms. The Morgan fingerprint density at radius 2 is 2.19 bits per heavy atom. The van der Waals surface area contributed by atoms with Gasteiger partial charge in [-0.15, -0.1) is 11.3 Å². The molecule has 2 aliphatic heterocycles. The highest BCUT2D eigenvalue weighted by Crippen LogP contribution is 2.43. The van der Waals surface area contributed by atoms with E-state index in [0.717, 1.165) is 34.2 Å². The molecule has 144 valence electrons. The highest BCUT2D eigenvalue weighted by molar-refractivity contribution is 7.16. The minimum absolute atomic E-state index is 0.0613. The number of rotatable bonds is 4. The van der Waals surface area contributed by atoms with E-state index in [1.165, 1.54) is 10.4 Å². The van der Waals surface area contributed by atoms with Crippen LogP contribution < -0.4 is 15.4 Å². The predicted molar refractivity (Wildman–Crippen MR) is 108 cm³/mol. The summed E-state index contributed by atoms with van der Waals surface area (Å²) in [4.78, 5) is 12.8. The first kappa shape index (κ1) is 18.7. The number of anilines is 1. The van der Waals surface area contributed by atoms with Crippen LogP contribution in [0.4, 0.5) is 5.69 Å². The molecule has 1 fully saturated rings. The number of thiophene rings is 1. The molecule has 1 amide bonds. The fourth-order valence-electron chi connectivity index (χ4n) is 4.11. The van der Waals surface area contributed by atoms with Gasteiger partial charge in [-0.25, -0.2) is 0 Å². The van der Waals surface area contributed by atoms with E-state index in [9.17, 15) is 9.90 Å². The molecule has 0 spiro atoms. The van der Waals surface area contributed by atoms with Crippen LogP contribution in [0.15, 0.2) is 24.3 Å². The molecule has 1 aromatic carbocycles. The van der Waals surface area contributed by atoms with Gasteiger partial charge in [0.15, 0.2) is 6.61 Å². The fourth-order valence-corrected chi connectivity index (χ4v) is 5.55. The van der Waals surface area contributed by atoms with Gasteiger partial charge in [0.1, 0.15) is 5.75 Å². The Bertz CT molecular complexity index is 854. The average molecular weight is 407 g/mol. The van der Waals surface area contributed by atoms with Crippen molar-refractivity contribution in [3.05, 3.63) is 44.6 Å². The maximum Gasteiger partial charge on any atom is 0.262 e. The quantitative estimate of drug-likeness (QED) is 0.721. The third kappa shape index (κ3) is 3.99. The van der Waals surface area contributed by atoms with Crippen LogP contribution >= 0.6 is 22.9 Å². The van der Waals surface area contributed by atoms with Crippen LogP contribution in [-0.4, -0.2) is 30.3 Å². The molecule has 3 atom stereocenters. The highest BCUT2D eigenvalue weighted by Gasteiger charge is 2.31. The molecule has 5 nitrogen and oxygen atoms in total. The van der Waals surface area contributed by atoms with E-state index >= 15 is 0 Å². The molecule has 3 N–H and O–H groups in total. The summed E-state index contributed by atoms with van der Waals surface area (Å²) in [6.07, 6.45) is 2.65. The summed E-state index contributed by atoms with van der Waals surface area (Å²) >= 11 is 7.91. The van der Waals surface area contributed by atoms with Crippen molar-refractivity contribution in [3.63, 3.8) is 0 Å². The zero-order valence-electron chi connectivity index (χ0n) is 15.1. The Hall–Kier alpha value is -1.60. The number of carbonyl (C=O) groups excluding carboxylic acids is 1. The van der Waals surface area contributed by atoms with Crippen molar-refractivity contribution < 1.29 is 14.6 Å². The number of hydrogen-bond donors (Lipinski definition) is 3. The van der Waals surface area contributed by atoms with Gasteiger partial charge >= 0.3 is 0 Å². The molecule has 1 saturated heterocycles. The van der Waals surface area contributed by atoms with Crippen molar-refractivity contribution in [2.45, 2.75) is 44.2 Å². The topological polar surface area (TPSA) is 70.6 Å². The van der Waals surface area contributed by atoms with Gasteiger partial charge < -0.3 is 20.5 Å². The lowest BCUT2D eigenvalue weighted by molar-refractivity contribution is -0.118. The monoisotopic (exact) mass is 406 g/mol. The van der Waals surface area contributed by atoms with Crippen molar-refractivity contribution in [3.8, 4) is 5.75 Å². The summed E-state index contributed by atoms with van der Waals surface area (Å²) in [5.74, 6) is 1.01. The molecule has 1 aromatic heterocycles. The number of amides is 1. The molecular formula is C20H23ClN2O3S. The smallest absolute Gasteiger partial charge is 0.262 e. The zero-order valence-corrected chi connectivity index (χ0v) is 16.7. The molecule has 2 aliphatic rings. The summed E-state index contributed by atoms with van der Waals surface area (Å²) in [5.41, 5.74) is 3.06. The van der Waals surface area contributed by atoms with Gasteiger partial charge in [0.05, 0.1) is 10.0 Å². The van der Waals surface area contributed by atoms with Gasteiger partial charge in [0.2, 0.25) is 0 Å². The number of fused-ring (bicyclic) bond motifs is 1. The van der Waals surface area contributed by atoms with Crippen molar-refractivity contribution in [1.29, 1.82) is 0 Å². The number of ether oxygens (including phenoxy) is 1. The predicted octanol–water partition coefficient (Wildman–Crippen LogP) is 3.86. The van der Waals surface area contributed by atoms with Crippen LogP contribution in [-0.2, 0) is 11.2 Å². The van der Waals surface area contributed by atoms with Crippen molar-refractivity contribution >= 4 is 34.5 Å². The van der Waals surface area contributed by atoms with Gasteiger partial charge in [-0.05, 0) is 61.4 Å². The van der Waals surface area contributed by atoms with E-state index in [1.807, 2.05) is 18.2 Å². The maximum atomic E-state index is 11.5. The Morgan fingerprint density at radius 3 is 3.00 bits per heavy atom. The van der Waals surface area contributed by atoms with E-state index in [-0.39, 0.29) is 25.2 Å². The lowest BCUT2D eigenvalue weighted by Crippen LogP contribution is -2.38. The molecule has 27 heavy (non-hydrogen) atoms. The number of nitrogens with one attached hydrogen (secondary N) is 2. The van der Waals surface area contributed by atoms with Crippen LogP contribution in [0.3, 0.4) is 0 Å². The minimum Gasteiger partial charge on any atom is -0.482 e. The van der Waals surface area contributed by atoms with Gasteiger partial charge in [-0.2, -0.15) is 0 Å². The van der Waals surface area contributed by atoms with Gasteiger partial charge in [0.25, 0.3) is 5.91 Å². The Kier molecular flexibility index (Phi) is 5.41. The molecule has 2 aromatic rings. The maximum absolute atomic E-state index is 11.5. The summed E-state index contributed by atoms with van der Waals surface area (Å²) in [7, 11) is 0. The molecule has 4 rings (SSSR count). The second-order valence-corrected chi connectivity index (χ2v) is 9.01. The van der Waals surface area contributed by atoms with Crippen molar-refractivity contribution in [2.75, 3.05) is 18.5 Å². The first-order valence-corrected chi connectivity index (χ1v) is 10.4. The molecule has 0 aliphatic carbocycles. The molecule has 3 unspecified atom stereocenters. The molecule has 0 saturated carbocycles. The number of hydrogen-bond acceptors (Lipinski definition) is 5. The highest BCUT2D eigenvalue weighted by atomic mass is 35.5. The van der Waals surface area contributed by atoms with Gasteiger partial charge in [-0.1, -0.05) is 17.7 Å². The lowest BCUT2D eigenvalue weighted by Gasteiger charge is -2.35. The number of aliphatic hydroxyl groups is 1. The second kappa shape index (κ2) is 7.80. The Labute approximate surface area is 167 Å². The van der Waals surface area contributed by atoms with E-state index in [2.05, 4.69) is 23.6 Å².